The molecule has 2 N–H and O–H groups in total. The van der Waals surface area contributed by atoms with Crippen molar-refractivity contribution in [3.8, 4) is 5.75 Å². The lowest BCUT2D eigenvalue weighted by Crippen LogP contribution is -2.34. The molecule has 0 saturated heterocycles. The highest BCUT2D eigenvalue weighted by Crippen LogP contribution is 2.16. The molecule has 2 aromatic carbocycles. The second-order valence-corrected chi connectivity index (χ2v) is 6.36. The van der Waals surface area contributed by atoms with Gasteiger partial charge in [0.05, 0.1) is 12.0 Å². The monoisotopic (exact) mass is 340 g/mol. The molecule has 0 spiro atoms. The van der Waals surface area contributed by atoms with Crippen LogP contribution >= 0.6 is 11.6 Å². The number of halogens is 1. The van der Waals surface area contributed by atoms with E-state index in [0.717, 1.165) is 0 Å². The van der Waals surface area contributed by atoms with Gasteiger partial charge in [-0.1, -0.05) is 11.6 Å². The highest BCUT2D eigenvalue weighted by atomic mass is 35.5. The Labute approximate surface area is 133 Å². The topological polar surface area (TPSA) is 84.5 Å². The maximum atomic E-state index is 12.0. The number of carbonyl (C=O) groups excluding carboxylic acids is 1. The molecule has 2 rings (SSSR count). The summed E-state index contributed by atoms with van der Waals surface area (Å²) in [7, 11) is -2.43. The Balaban J connectivity index is 2.05. The number of carbonyl (C=O) groups is 1. The van der Waals surface area contributed by atoms with Gasteiger partial charge in [0.15, 0.2) is 0 Å². The van der Waals surface area contributed by atoms with Crippen molar-refractivity contribution in [1.29, 1.82) is 0 Å². The quantitative estimate of drug-likeness (QED) is 0.896. The highest BCUT2D eigenvalue weighted by Gasteiger charge is 2.17. The number of ether oxygens (including phenoxy) is 1. The summed E-state index contributed by atoms with van der Waals surface area (Å²) < 4.78 is 30.9. The number of methoxy groups -OCH3 is 1. The number of anilines is 1. The Morgan fingerprint density at radius 2 is 1.64 bits per heavy atom. The number of benzene rings is 2. The summed E-state index contributed by atoms with van der Waals surface area (Å²) in [5.41, 5.74) is 0.435. The molecule has 0 saturated carbocycles. The van der Waals surface area contributed by atoms with Gasteiger partial charge in [-0.05, 0) is 48.5 Å². The SMILES string of the molecule is COc1ccc(NC(=O)NS(=O)(=O)c2ccc(Cl)cc2)cc1. The van der Waals surface area contributed by atoms with Crippen molar-refractivity contribution in [3.05, 3.63) is 53.6 Å². The first-order chi connectivity index (χ1) is 10.4. The first-order valence-electron chi connectivity index (χ1n) is 6.14. The zero-order valence-corrected chi connectivity index (χ0v) is 13.1. The normalized spacial score (nSPS) is 10.8. The van der Waals surface area contributed by atoms with Crippen molar-refractivity contribution >= 4 is 33.3 Å². The van der Waals surface area contributed by atoms with Crippen LogP contribution in [0.1, 0.15) is 0 Å². The molecule has 0 aliphatic carbocycles. The minimum absolute atomic E-state index is 0.0539. The van der Waals surface area contributed by atoms with E-state index in [4.69, 9.17) is 16.3 Å². The Bertz CT molecular complexity index is 758. The Hall–Kier alpha value is -2.25. The third kappa shape index (κ3) is 4.12. The van der Waals surface area contributed by atoms with Crippen LogP contribution in [0, 0.1) is 0 Å². The van der Waals surface area contributed by atoms with E-state index < -0.39 is 16.1 Å². The zero-order chi connectivity index (χ0) is 16.2. The van der Waals surface area contributed by atoms with Crippen LogP contribution in [0.2, 0.25) is 5.02 Å². The van der Waals surface area contributed by atoms with Gasteiger partial charge in [-0.15, -0.1) is 0 Å². The number of rotatable bonds is 4. The summed E-state index contributed by atoms with van der Waals surface area (Å²) in [5.74, 6) is 0.625. The summed E-state index contributed by atoms with van der Waals surface area (Å²) in [5, 5.41) is 2.82. The standard InChI is InChI=1S/C14H13ClN2O4S/c1-21-12-6-4-11(5-7-12)16-14(18)17-22(19,20)13-8-2-10(15)3-9-13/h2-9H,1H3,(H2,16,17,18). The van der Waals surface area contributed by atoms with Crippen LogP contribution in [0.25, 0.3) is 0 Å². The average Bonchev–Trinajstić information content (AvgIpc) is 2.48. The molecule has 2 aromatic rings. The van der Waals surface area contributed by atoms with Crippen molar-refractivity contribution in [2.24, 2.45) is 0 Å². The third-order valence-corrected chi connectivity index (χ3v) is 4.30. The minimum atomic E-state index is -3.95. The molecule has 0 bridgehead atoms. The number of urea groups is 1. The fraction of sp³-hybridized carbons (Fsp3) is 0.0714. The maximum Gasteiger partial charge on any atom is 0.333 e. The van der Waals surface area contributed by atoms with Crippen LogP contribution in [-0.2, 0) is 10.0 Å². The van der Waals surface area contributed by atoms with E-state index in [1.165, 1.54) is 31.4 Å². The largest absolute Gasteiger partial charge is 0.497 e. The van der Waals surface area contributed by atoms with E-state index in [2.05, 4.69) is 5.32 Å². The lowest BCUT2D eigenvalue weighted by atomic mass is 10.3. The van der Waals surface area contributed by atoms with Crippen LogP contribution in [-0.4, -0.2) is 21.6 Å². The fourth-order valence-corrected chi connectivity index (χ4v) is 2.66. The molecule has 0 heterocycles. The molecule has 8 heteroatoms. The molecule has 0 atom stereocenters. The molecule has 6 nitrogen and oxygen atoms in total. The molecule has 2 amide bonds. The lowest BCUT2D eigenvalue weighted by molar-refractivity contribution is 0.256. The lowest BCUT2D eigenvalue weighted by Gasteiger charge is -2.09. The Morgan fingerprint density at radius 3 is 2.18 bits per heavy atom. The van der Waals surface area contributed by atoms with Gasteiger partial charge in [-0.3, -0.25) is 0 Å². The van der Waals surface area contributed by atoms with Gasteiger partial charge >= 0.3 is 6.03 Å². The van der Waals surface area contributed by atoms with Crippen LogP contribution in [0.4, 0.5) is 10.5 Å². The van der Waals surface area contributed by atoms with E-state index in [1.807, 2.05) is 4.72 Å². The van der Waals surface area contributed by atoms with E-state index in [-0.39, 0.29) is 4.90 Å². The molecule has 0 aromatic heterocycles. The van der Waals surface area contributed by atoms with Crippen LogP contribution in [0.15, 0.2) is 53.4 Å². The van der Waals surface area contributed by atoms with E-state index in [1.54, 1.807) is 24.3 Å². The van der Waals surface area contributed by atoms with Gasteiger partial charge in [0.1, 0.15) is 5.75 Å². The van der Waals surface area contributed by atoms with E-state index in [9.17, 15) is 13.2 Å². The molecule has 116 valence electrons. The van der Waals surface area contributed by atoms with Crippen molar-refractivity contribution in [2.45, 2.75) is 4.90 Å². The number of amides is 2. The first kappa shape index (κ1) is 16.1. The predicted octanol–water partition coefficient (Wildman–Crippen LogP) is 2.86. The average molecular weight is 341 g/mol. The van der Waals surface area contributed by atoms with Crippen LogP contribution < -0.4 is 14.8 Å². The van der Waals surface area contributed by atoms with Gasteiger partial charge < -0.3 is 10.1 Å². The summed E-state index contributed by atoms with van der Waals surface area (Å²) in [6.45, 7) is 0. The summed E-state index contributed by atoms with van der Waals surface area (Å²) in [6.07, 6.45) is 0. The van der Waals surface area contributed by atoms with Crippen molar-refractivity contribution < 1.29 is 17.9 Å². The Morgan fingerprint density at radius 1 is 1.05 bits per heavy atom. The van der Waals surface area contributed by atoms with Crippen molar-refractivity contribution in [1.82, 2.24) is 4.72 Å². The van der Waals surface area contributed by atoms with E-state index >= 15 is 0 Å². The third-order valence-electron chi connectivity index (χ3n) is 2.70. The van der Waals surface area contributed by atoms with Crippen molar-refractivity contribution in [2.75, 3.05) is 12.4 Å². The molecule has 22 heavy (non-hydrogen) atoms. The molecular weight excluding hydrogens is 328 g/mol. The summed E-state index contributed by atoms with van der Waals surface area (Å²) in [6, 6.07) is 11.1. The van der Waals surface area contributed by atoms with Gasteiger partial charge in [-0.25, -0.2) is 17.9 Å². The summed E-state index contributed by atoms with van der Waals surface area (Å²) >= 11 is 5.69. The van der Waals surface area contributed by atoms with Gasteiger partial charge in [-0.2, -0.15) is 0 Å². The second-order valence-electron chi connectivity index (χ2n) is 4.24. The molecule has 0 unspecified atom stereocenters. The Kier molecular flexibility index (Phi) is 4.89. The van der Waals surface area contributed by atoms with E-state index in [0.29, 0.717) is 16.5 Å². The summed E-state index contributed by atoms with van der Waals surface area (Å²) in [4.78, 5) is 11.7. The predicted molar refractivity (Wildman–Crippen MR) is 83.8 cm³/mol. The zero-order valence-electron chi connectivity index (χ0n) is 11.5. The first-order valence-corrected chi connectivity index (χ1v) is 8.00. The number of hydrogen-bond donors (Lipinski definition) is 2. The maximum absolute atomic E-state index is 12.0. The van der Waals surface area contributed by atoms with Crippen LogP contribution in [0.5, 0.6) is 5.75 Å². The van der Waals surface area contributed by atoms with Gasteiger partial charge in [0.25, 0.3) is 10.0 Å². The van der Waals surface area contributed by atoms with Crippen LogP contribution in [0.3, 0.4) is 0 Å². The molecule has 0 fully saturated rings. The van der Waals surface area contributed by atoms with Gasteiger partial charge in [0.2, 0.25) is 0 Å². The molecular formula is C14H13ClN2O4S. The van der Waals surface area contributed by atoms with Gasteiger partial charge in [0, 0.05) is 10.7 Å². The number of nitrogens with one attached hydrogen (secondary N) is 2. The minimum Gasteiger partial charge on any atom is -0.497 e. The number of sulfonamides is 1. The smallest absolute Gasteiger partial charge is 0.333 e. The number of hydrogen-bond acceptors (Lipinski definition) is 4. The van der Waals surface area contributed by atoms with Crippen molar-refractivity contribution in [3.63, 3.8) is 0 Å². The highest BCUT2D eigenvalue weighted by molar-refractivity contribution is 7.90. The molecule has 0 aliphatic rings. The second kappa shape index (κ2) is 6.67. The fourth-order valence-electron chi connectivity index (χ4n) is 1.63. The molecule has 0 aliphatic heterocycles. The molecule has 0 radical (unpaired) electrons.